The fraction of sp³-hybridized carbons (Fsp3) is 0.167. The molecule has 0 radical (unpaired) electrons. The largest absolute Gasteiger partial charge is 0.462 e. The van der Waals surface area contributed by atoms with Gasteiger partial charge in [0.2, 0.25) is 0 Å². The molecule has 2 N–H and O–H groups in total. The quantitative estimate of drug-likeness (QED) is 0.448. The first-order valence-corrected chi connectivity index (χ1v) is 12.0. The Kier molecular flexibility index (Phi) is 7.40. The summed E-state index contributed by atoms with van der Waals surface area (Å²) in [6, 6.07) is 15.8. The number of sulfonamides is 1. The minimum atomic E-state index is -4.05. The average Bonchev–Trinajstić information content (AvgIpc) is 2.77. The molecule has 0 saturated carbocycles. The summed E-state index contributed by atoms with van der Waals surface area (Å²) in [5.41, 5.74) is 2.51. The number of nitrogens with one attached hydrogen (secondary N) is 2. The molecule has 0 spiro atoms. The first kappa shape index (κ1) is 24.3. The number of carbonyl (C=O) groups excluding carboxylic acids is 2. The first-order chi connectivity index (χ1) is 15.6. The number of aryl methyl sites for hydroxylation is 1. The zero-order valence-corrected chi connectivity index (χ0v) is 19.9. The van der Waals surface area contributed by atoms with Gasteiger partial charge >= 0.3 is 5.97 Å². The van der Waals surface area contributed by atoms with Crippen LogP contribution in [0.5, 0.6) is 0 Å². The Hall–Kier alpha value is -3.36. The molecule has 0 heterocycles. The van der Waals surface area contributed by atoms with Crippen molar-refractivity contribution < 1.29 is 22.7 Å². The van der Waals surface area contributed by atoms with Gasteiger partial charge in [-0.1, -0.05) is 35.9 Å². The monoisotopic (exact) mass is 486 g/mol. The van der Waals surface area contributed by atoms with Crippen LogP contribution < -0.4 is 10.0 Å². The third-order valence-corrected chi connectivity index (χ3v) is 6.80. The summed E-state index contributed by atoms with van der Waals surface area (Å²) >= 11 is 6.16. The third kappa shape index (κ3) is 5.53. The molecule has 0 atom stereocenters. The second-order valence-corrected chi connectivity index (χ2v) is 9.28. The standard InChI is InChI=1S/C24H23ClN2O5S/c1-4-32-24(29)18-9-7-11-21(16(18)3)26-23(28)17-12-13-19(25)22(14-17)33(30,31)27-20-10-6-5-8-15(20)2/h5-14,27H,4H2,1-3H3,(H,26,28). The highest BCUT2D eigenvalue weighted by molar-refractivity contribution is 7.92. The smallest absolute Gasteiger partial charge is 0.338 e. The number of halogens is 1. The van der Waals surface area contributed by atoms with E-state index in [1.807, 2.05) is 0 Å². The fourth-order valence-electron chi connectivity index (χ4n) is 3.13. The number of rotatable bonds is 7. The summed E-state index contributed by atoms with van der Waals surface area (Å²) in [4.78, 5) is 24.8. The number of anilines is 2. The van der Waals surface area contributed by atoms with Gasteiger partial charge in [0.25, 0.3) is 15.9 Å². The molecule has 0 bridgehead atoms. The Balaban J connectivity index is 1.89. The minimum Gasteiger partial charge on any atom is -0.462 e. The number of amides is 1. The highest BCUT2D eigenvalue weighted by Crippen LogP contribution is 2.27. The van der Waals surface area contributed by atoms with E-state index in [9.17, 15) is 18.0 Å². The van der Waals surface area contributed by atoms with E-state index in [0.29, 0.717) is 22.5 Å². The van der Waals surface area contributed by atoms with Gasteiger partial charge in [-0.05, 0) is 68.3 Å². The van der Waals surface area contributed by atoms with Crippen LogP contribution in [-0.2, 0) is 14.8 Å². The molecule has 3 aromatic rings. The predicted molar refractivity (Wildman–Crippen MR) is 129 cm³/mol. The van der Waals surface area contributed by atoms with Crippen molar-refractivity contribution >= 4 is 44.9 Å². The summed E-state index contributed by atoms with van der Waals surface area (Å²) in [5, 5.41) is 2.70. The SMILES string of the molecule is CCOC(=O)c1cccc(NC(=O)c2ccc(Cl)c(S(=O)(=O)Nc3ccccc3C)c2)c1C. The van der Waals surface area contributed by atoms with E-state index in [1.165, 1.54) is 18.2 Å². The van der Waals surface area contributed by atoms with Gasteiger partial charge in [0.05, 0.1) is 22.9 Å². The van der Waals surface area contributed by atoms with E-state index in [0.717, 1.165) is 5.56 Å². The lowest BCUT2D eigenvalue weighted by Crippen LogP contribution is -2.17. The number of benzene rings is 3. The highest BCUT2D eigenvalue weighted by atomic mass is 35.5. The second kappa shape index (κ2) is 10.1. The van der Waals surface area contributed by atoms with Crippen molar-refractivity contribution in [2.45, 2.75) is 25.7 Å². The van der Waals surface area contributed by atoms with Gasteiger partial charge in [0, 0.05) is 11.3 Å². The van der Waals surface area contributed by atoms with Crippen LogP contribution in [-0.4, -0.2) is 26.9 Å². The van der Waals surface area contributed by atoms with E-state index < -0.39 is 21.9 Å². The number of carbonyl (C=O) groups is 2. The van der Waals surface area contributed by atoms with Gasteiger partial charge in [-0.3, -0.25) is 9.52 Å². The fourth-order valence-corrected chi connectivity index (χ4v) is 4.79. The Labute approximate surface area is 197 Å². The zero-order valence-electron chi connectivity index (χ0n) is 18.3. The lowest BCUT2D eigenvalue weighted by atomic mass is 10.1. The lowest BCUT2D eigenvalue weighted by Gasteiger charge is -2.14. The van der Waals surface area contributed by atoms with Crippen molar-refractivity contribution in [1.82, 2.24) is 0 Å². The van der Waals surface area contributed by atoms with Gasteiger partial charge in [-0.25, -0.2) is 13.2 Å². The van der Waals surface area contributed by atoms with Crippen molar-refractivity contribution in [3.63, 3.8) is 0 Å². The number of esters is 1. The minimum absolute atomic E-state index is 0.0203. The lowest BCUT2D eigenvalue weighted by molar-refractivity contribution is 0.0525. The predicted octanol–water partition coefficient (Wildman–Crippen LogP) is 5.19. The summed E-state index contributed by atoms with van der Waals surface area (Å²) < 4.78 is 33.5. The van der Waals surface area contributed by atoms with Crippen LogP contribution in [0.3, 0.4) is 0 Å². The van der Waals surface area contributed by atoms with Crippen LogP contribution in [0.25, 0.3) is 0 Å². The van der Waals surface area contributed by atoms with Crippen LogP contribution in [0.4, 0.5) is 11.4 Å². The van der Waals surface area contributed by atoms with Gasteiger partial charge in [0.1, 0.15) is 4.90 Å². The molecule has 0 saturated heterocycles. The molecule has 0 aliphatic carbocycles. The van der Waals surface area contributed by atoms with Gasteiger partial charge in [0.15, 0.2) is 0 Å². The first-order valence-electron chi connectivity index (χ1n) is 10.1. The maximum atomic E-state index is 13.0. The molecule has 0 aromatic heterocycles. The van der Waals surface area contributed by atoms with Crippen molar-refractivity contribution in [1.29, 1.82) is 0 Å². The van der Waals surface area contributed by atoms with Crippen LogP contribution in [0.15, 0.2) is 65.6 Å². The van der Waals surface area contributed by atoms with E-state index in [1.54, 1.807) is 63.2 Å². The van der Waals surface area contributed by atoms with Gasteiger partial charge < -0.3 is 10.1 Å². The number of para-hydroxylation sites is 1. The normalized spacial score (nSPS) is 11.0. The van der Waals surface area contributed by atoms with Crippen molar-refractivity contribution in [3.8, 4) is 0 Å². The Morgan fingerprint density at radius 2 is 1.67 bits per heavy atom. The zero-order chi connectivity index (χ0) is 24.2. The number of hydrogen-bond acceptors (Lipinski definition) is 5. The molecule has 9 heteroatoms. The van der Waals surface area contributed by atoms with E-state index in [4.69, 9.17) is 16.3 Å². The number of hydrogen-bond donors (Lipinski definition) is 2. The molecular weight excluding hydrogens is 464 g/mol. The molecule has 0 fully saturated rings. The Bertz CT molecular complexity index is 1320. The second-order valence-electron chi connectivity index (χ2n) is 7.22. The average molecular weight is 487 g/mol. The maximum absolute atomic E-state index is 13.0. The Morgan fingerprint density at radius 1 is 0.970 bits per heavy atom. The molecule has 172 valence electrons. The van der Waals surface area contributed by atoms with E-state index >= 15 is 0 Å². The van der Waals surface area contributed by atoms with E-state index in [2.05, 4.69) is 10.0 Å². The highest BCUT2D eigenvalue weighted by Gasteiger charge is 2.22. The van der Waals surface area contributed by atoms with Crippen molar-refractivity contribution in [2.75, 3.05) is 16.6 Å². The van der Waals surface area contributed by atoms with Crippen molar-refractivity contribution in [3.05, 3.63) is 87.9 Å². The number of ether oxygens (including phenoxy) is 1. The summed E-state index contributed by atoms with van der Waals surface area (Å²) in [6.45, 7) is 5.40. The van der Waals surface area contributed by atoms with Crippen LogP contribution in [0.1, 0.15) is 38.8 Å². The molecule has 3 aromatic carbocycles. The molecule has 0 unspecified atom stereocenters. The Morgan fingerprint density at radius 3 is 2.36 bits per heavy atom. The van der Waals surface area contributed by atoms with Crippen LogP contribution >= 0.6 is 11.6 Å². The topological polar surface area (TPSA) is 102 Å². The molecule has 1 amide bonds. The van der Waals surface area contributed by atoms with E-state index in [-0.39, 0.29) is 22.1 Å². The summed E-state index contributed by atoms with van der Waals surface area (Å²) in [5.74, 6) is -1.05. The summed E-state index contributed by atoms with van der Waals surface area (Å²) in [6.07, 6.45) is 0. The molecule has 3 rings (SSSR count). The molecular formula is C24H23ClN2O5S. The summed E-state index contributed by atoms with van der Waals surface area (Å²) in [7, 11) is -4.05. The van der Waals surface area contributed by atoms with Crippen molar-refractivity contribution in [2.24, 2.45) is 0 Å². The van der Waals surface area contributed by atoms with Gasteiger partial charge in [-0.2, -0.15) is 0 Å². The molecule has 0 aliphatic rings. The molecule has 0 aliphatic heterocycles. The molecule has 7 nitrogen and oxygen atoms in total. The maximum Gasteiger partial charge on any atom is 0.338 e. The van der Waals surface area contributed by atoms with Crippen LogP contribution in [0, 0.1) is 13.8 Å². The van der Waals surface area contributed by atoms with Gasteiger partial charge in [-0.15, -0.1) is 0 Å². The third-order valence-electron chi connectivity index (χ3n) is 4.95. The van der Waals surface area contributed by atoms with Crippen LogP contribution in [0.2, 0.25) is 5.02 Å². The molecule has 33 heavy (non-hydrogen) atoms.